The van der Waals surface area contributed by atoms with Crippen LogP contribution in [0.25, 0.3) is 0 Å². The minimum absolute atomic E-state index is 0.0154. The molecule has 1 aromatic heterocycles. The molecule has 5 nitrogen and oxygen atoms in total. The zero-order valence-electron chi connectivity index (χ0n) is 9.85. The van der Waals surface area contributed by atoms with Crippen LogP contribution < -0.4 is 5.73 Å². The SMILES string of the molecule is CC(C)CCc1noc(C2COCC2N)n1. The van der Waals surface area contributed by atoms with Crippen molar-refractivity contribution in [1.29, 1.82) is 0 Å². The fourth-order valence-electron chi connectivity index (χ4n) is 1.76. The maximum Gasteiger partial charge on any atom is 0.233 e. The highest BCUT2D eigenvalue weighted by molar-refractivity contribution is 5.01. The zero-order valence-corrected chi connectivity index (χ0v) is 9.85. The van der Waals surface area contributed by atoms with Gasteiger partial charge in [-0.3, -0.25) is 0 Å². The summed E-state index contributed by atoms with van der Waals surface area (Å²) < 4.78 is 10.5. The van der Waals surface area contributed by atoms with Gasteiger partial charge in [-0.25, -0.2) is 0 Å². The first-order chi connectivity index (χ1) is 7.66. The van der Waals surface area contributed by atoms with Gasteiger partial charge >= 0.3 is 0 Å². The van der Waals surface area contributed by atoms with Gasteiger partial charge < -0.3 is 15.0 Å². The molecule has 1 fully saturated rings. The Morgan fingerprint density at radius 2 is 2.25 bits per heavy atom. The quantitative estimate of drug-likeness (QED) is 0.830. The lowest BCUT2D eigenvalue weighted by Crippen LogP contribution is -2.27. The average molecular weight is 225 g/mol. The molecule has 16 heavy (non-hydrogen) atoms. The van der Waals surface area contributed by atoms with Crippen LogP contribution in [0.4, 0.5) is 0 Å². The van der Waals surface area contributed by atoms with Gasteiger partial charge in [-0.1, -0.05) is 19.0 Å². The summed E-state index contributed by atoms with van der Waals surface area (Å²) in [4.78, 5) is 4.38. The maximum absolute atomic E-state index is 5.89. The number of hydrogen-bond donors (Lipinski definition) is 1. The van der Waals surface area contributed by atoms with Gasteiger partial charge in [-0.2, -0.15) is 4.98 Å². The maximum atomic E-state index is 5.89. The summed E-state index contributed by atoms with van der Waals surface area (Å²) in [6.45, 7) is 5.53. The Morgan fingerprint density at radius 1 is 1.44 bits per heavy atom. The van der Waals surface area contributed by atoms with Gasteiger partial charge in [0.1, 0.15) is 0 Å². The summed E-state index contributed by atoms with van der Waals surface area (Å²) in [6, 6.07) is -0.0154. The highest BCUT2D eigenvalue weighted by Crippen LogP contribution is 2.23. The van der Waals surface area contributed by atoms with Gasteiger partial charge in [0.05, 0.1) is 19.1 Å². The Morgan fingerprint density at radius 3 is 2.88 bits per heavy atom. The molecule has 0 radical (unpaired) electrons. The minimum Gasteiger partial charge on any atom is -0.379 e. The third-order valence-electron chi connectivity index (χ3n) is 2.87. The molecule has 1 saturated heterocycles. The van der Waals surface area contributed by atoms with Crippen LogP contribution in [0.15, 0.2) is 4.52 Å². The first-order valence-electron chi connectivity index (χ1n) is 5.82. The molecule has 1 aliphatic heterocycles. The van der Waals surface area contributed by atoms with E-state index in [-0.39, 0.29) is 12.0 Å². The van der Waals surface area contributed by atoms with Crippen LogP contribution >= 0.6 is 0 Å². The number of hydrogen-bond acceptors (Lipinski definition) is 5. The first-order valence-corrected chi connectivity index (χ1v) is 5.82. The Kier molecular flexibility index (Phi) is 3.56. The largest absolute Gasteiger partial charge is 0.379 e. The summed E-state index contributed by atoms with van der Waals surface area (Å²) in [7, 11) is 0. The van der Waals surface area contributed by atoms with E-state index >= 15 is 0 Å². The van der Waals surface area contributed by atoms with Gasteiger partial charge in [-0.15, -0.1) is 0 Å². The monoisotopic (exact) mass is 225 g/mol. The van der Waals surface area contributed by atoms with Crippen molar-refractivity contribution in [3.8, 4) is 0 Å². The molecule has 2 atom stereocenters. The molecule has 1 aliphatic rings. The van der Waals surface area contributed by atoms with Crippen molar-refractivity contribution >= 4 is 0 Å². The van der Waals surface area contributed by atoms with Gasteiger partial charge in [0.15, 0.2) is 5.82 Å². The van der Waals surface area contributed by atoms with Crippen LogP contribution in [-0.2, 0) is 11.2 Å². The normalized spacial score (nSPS) is 25.5. The lowest BCUT2D eigenvalue weighted by molar-refractivity contribution is 0.187. The molecule has 0 aliphatic carbocycles. The highest BCUT2D eigenvalue weighted by Gasteiger charge is 2.31. The van der Waals surface area contributed by atoms with Crippen molar-refractivity contribution in [1.82, 2.24) is 10.1 Å². The molecule has 0 spiro atoms. The lowest BCUT2D eigenvalue weighted by Gasteiger charge is -2.06. The Balaban J connectivity index is 1.96. The molecule has 2 N–H and O–H groups in total. The van der Waals surface area contributed by atoms with E-state index < -0.39 is 0 Å². The van der Waals surface area contributed by atoms with E-state index in [9.17, 15) is 0 Å². The third-order valence-corrected chi connectivity index (χ3v) is 2.87. The Labute approximate surface area is 95.3 Å². The second-order valence-corrected chi connectivity index (χ2v) is 4.79. The Bertz CT molecular complexity index is 338. The molecule has 2 rings (SSSR count). The van der Waals surface area contributed by atoms with Crippen LogP contribution in [0, 0.1) is 5.92 Å². The molecular weight excluding hydrogens is 206 g/mol. The average Bonchev–Trinajstić information content (AvgIpc) is 2.83. The number of aryl methyl sites for hydroxylation is 1. The number of aromatic nitrogens is 2. The van der Waals surface area contributed by atoms with Crippen LogP contribution in [-0.4, -0.2) is 29.4 Å². The predicted octanol–water partition coefficient (Wildman–Crippen LogP) is 1.10. The topological polar surface area (TPSA) is 74.2 Å². The van der Waals surface area contributed by atoms with Crippen LogP contribution in [0.5, 0.6) is 0 Å². The molecule has 0 bridgehead atoms. The first kappa shape index (κ1) is 11.5. The lowest BCUT2D eigenvalue weighted by atomic mass is 10.1. The Hall–Kier alpha value is -0.940. The van der Waals surface area contributed by atoms with E-state index in [1.807, 2.05) is 0 Å². The molecule has 0 aromatic carbocycles. The van der Waals surface area contributed by atoms with Crippen molar-refractivity contribution in [3.05, 3.63) is 11.7 Å². The molecule has 5 heteroatoms. The summed E-state index contributed by atoms with van der Waals surface area (Å²) >= 11 is 0. The van der Waals surface area contributed by atoms with Gasteiger partial charge in [0, 0.05) is 12.5 Å². The number of ether oxygens (including phenoxy) is 1. The van der Waals surface area contributed by atoms with Crippen molar-refractivity contribution in [2.75, 3.05) is 13.2 Å². The highest BCUT2D eigenvalue weighted by atomic mass is 16.5. The van der Waals surface area contributed by atoms with Crippen LogP contribution in [0.2, 0.25) is 0 Å². The summed E-state index contributed by atoms with van der Waals surface area (Å²) in [5.74, 6) is 2.13. The minimum atomic E-state index is -0.0154. The molecule has 2 unspecified atom stereocenters. The molecule has 0 saturated carbocycles. The standard InChI is InChI=1S/C11H19N3O2/c1-7(2)3-4-10-13-11(16-14-10)8-5-15-6-9(8)12/h7-9H,3-6,12H2,1-2H3. The van der Waals surface area contributed by atoms with E-state index in [0.717, 1.165) is 18.7 Å². The zero-order chi connectivity index (χ0) is 11.5. The second kappa shape index (κ2) is 4.93. The molecular formula is C11H19N3O2. The van der Waals surface area contributed by atoms with Crippen molar-refractivity contribution < 1.29 is 9.26 Å². The van der Waals surface area contributed by atoms with Crippen molar-refractivity contribution in [3.63, 3.8) is 0 Å². The van der Waals surface area contributed by atoms with E-state index in [1.54, 1.807) is 0 Å². The fraction of sp³-hybridized carbons (Fsp3) is 0.818. The van der Waals surface area contributed by atoms with E-state index in [4.69, 9.17) is 15.0 Å². The molecule has 0 amide bonds. The van der Waals surface area contributed by atoms with Gasteiger partial charge in [-0.05, 0) is 12.3 Å². The summed E-state index contributed by atoms with van der Waals surface area (Å²) in [6.07, 6.45) is 1.94. The summed E-state index contributed by atoms with van der Waals surface area (Å²) in [5.41, 5.74) is 5.89. The molecule has 1 aromatic rings. The number of rotatable bonds is 4. The molecule has 90 valence electrons. The smallest absolute Gasteiger partial charge is 0.233 e. The number of nitrogens with two attached hydrogens (primary N) is 1. The predicted molar refractivity (Wildman–Crippen MR) is 59.0 cm³/mol. The van der Waals surface area contributed by atoms with Crippen LogP contribution in [0.1, 0.15) is 37.9 Å². The second-order valence-electron chi connectivity index (χ2n) is 4.79. The van der Waals surface area contributed by atoms with Crippen molar-refractivity contribution in [2.24, 2.45) is 11.7 Å². The van der Waals surface area contributed by atoms with Gasteiger partial charge in [0.25, 0.3) is 0 Å². The van der Waals surface area contributed by atoms with E-state index in [0.29, 0.717) is 25.0 Å². The number of nitrogens with zero attached hydrogens (tertiary/aromatic N) is 2. The van der Waals surface area contributed by atoms with E-state index in [1.165, 1.54) is 0 Å². The van der Waals surface area contributed by atoms with Crippen LogP contribution in [0.3, 0.4) is 0 Å². The summed E-state index contributed by atoms with van der Waals surface area (Å²) in [5, 5.41) is 3.97. The molecule has 2 heterocycles. The fourth-order valence-corrected chi connectivity index (χ4v) is 1.76. The van der Waals surface area contributed by atoms with E-state index in [2.05, 4.69) is 24.0 Å². The third kappa shape index (κ3) is 2.59. The van der Waals surface area contributed by atoms with Crippen molar-refractivity contribution in [2.45, 2.75) is 38.6 Å². The van der Waals surface area contributed by atoms with Gasteiger partial charge in [0.2, 0.25) is 5.89 Å².